The molecule has 1 saturated carbocycles. The minimum Gasteiger partial charge on any atom is -0.476 e. The van der Waals surface area contributed by atoms with Crippen molar-refractivity contribution in [1.29, 1.82) is 0 Å². The third kappa shape index (κ3) is 9.32. The van der Waals surface area contributed by atoms with E-state index >= 15 is 0 Å². The van der Waals surface area contributed by atoms with E-state index in [4.69, 9.17) is 51.5 Å². The van der Waals surface area contributed by atoms with Crippen molar-refractivity contribution in [2.24, 2.45) is 0 Å². The van der Waals surface area contributed by atoms with Gasteiger partial charge >= 0.3 is 5.97 Å². The standard InChI is InChI=1S/C23H21Cl2N3O.C17H10Cl2N2O2/c24-17-10-6-15(7-11-17)21-22(16-8-12-18(25)13-9-16)28-20(14-26-21)23(29)27-19-4-2-1-3-5-19;18-12-5-1-10(2-6-12)15-16(11-3-7-13(19)8-4-11)21-14(9-20-15)17(22)23/h6-14,19H,1-5H2,(H,27,29);1-9H,(H,22,23). The van der Waals surface area contributed by atoms with Gasteiger partial charge < -0.3 is 10.4 Å². The summed E-state index contributed by atoms with van der Waals surface area (Å²) in [6.07, 6.45) is 8.37. The summed E-state index contributed by atoms with van der Waals surface area (Å²) < 4.78 is 0. The molecule has 1 aliphatic rings. The van der Waals surface area contributed by atoms with Crippen molar-refractivity contribution in [3.63, 3.8) is 0 Å². The lowest BCUT2D eigenvalue weighted by molar-refractivity contribution is 0.0689. The van der Waals surface area contributed by atoms with Crippen LogP contribution < -0.4 is 5.32 Å². The van der Waals surface area contributed by atoms with Gasteiger partial charge in [0.05, 0.1) is 35.2 Å². The number of hydrogen-bond acceptors (Lipinski definition) is 6. The molecule has 2 aromatic heterocycles. The molecule has 52 heavy (non-hydrogen) atoms. The van der Waals surface area contributed by atoms with Crippen molar-refractivity contribution in [2.75, 3.05) is 0 Å². The quantitative estimate of drug-likeness (QED) is 0.166. The average Bonchev–Trinajstić information content (AvgIpc) is 3.16. The molecule has 12 heteroatoms. The van der Waals surface area contributed by atoms with Crippen molar-refractivity contribution < 1.29 is 14.7 Å². The summed E-state index contributed by atoms with van der Waals surface area (Å²) in [6, 6.07) is 29.1. The van der Waals surface area contributed by atoms with Crippen molar-refractivity contribution in [3.8, 4) is 45.0 Å². The molecule has 2 N–H and O–H groups in total. The number of carboxylic acids is 1. The number of carbonyl (C=O) groups is 2. The van der Waals surface area contributed by atoms with Gasteiger partial charge in [0.15, 0.2) is 5.69 Å². The molecule has 1 amide bonds. The van der Waals surface area contributed by atoms with Crippen LogP contribution >= 0.6 is 46.4 Å². The molecule has 0 unspecified atom stereocenters. The SMILES string of the molecule is O=C(NC1CCCCC1)c1cnc(-c2ccc(Cl)cc2)c(-c2ccc(Cl)cc2)n1.O=C(O)c1cnc(-c2ccc(Cl)cc2)c(-c2ccc(Cl)cc2)n1. The Morgan fingerprint density at radius 2 is 0.865 bits per heavy atom. The highest BCUT2D eigenvalue weighted by molar-refractivity contribution is 6.31. The van der Waals surface area contributed by atoms with Crippen molar-refractivity contribution in [3.05, 3.63) is 141 Å². The molecule has 7 rings (SSSR count). The Hall–Kier alpha value is -4.86. The van der Waals surface area contributed by atoms with Crippen LogP contribution in [0.15, 0.2) is 109 Å². The first-order valence-corrected chi connectivity index (χ1v) is 18.0. The monoisotopic (exact) mass is 769 g/mol. The number of nitrogens with zero attached hydrogens (tertiary/aromatic N) is 4. The highest BCUT2D eigenvalue weighted by Crippen LogP contribution is 2.32. The molecule has 0 bridgehead atoms. The van der Waals surface area contributed by atoms with E-state index in [9.17, 15) is 9.59 Å². The van der Waals surface area contributed by atoms with Crippen LogP contribution in [0.5, 0.6) is 0 Å². The van der Waals surface area contributed by atoms with E-state index in [2.05, 4.69) is 25.3 Å². The first-order valence-electron chi connectivity index (χ1n) is 16.5. The number of benzene rings is 4. The van der Waals surface area contributed by atoms with Crippen LogP contribution in [0.3, 0.4) is 0 Å². The Labute approximate surface area is 320 Å². The first-order chi connectivity index (χ1) is 25.1. The number of aromatic nitrogens is 4. The third-order valence-electron chi connectivity index (χ3n) is 8.41. The van der Waals surface area contributed by atoms with Crippen LogP contribution in [0.25, 0.3) is 45.0 Å². The van der Waals surface area contributed by atoms with Crippen LogP contribution in [0.1, 0.15) is 53.1 Å². The molecule has 0 spiro atoms. The van der Waals surface area contributed by atoms with Crippen molar-refractivity contribution in [1.82, 2.24) is 25.3 Å². The van der Waals surface area contributed by atoms with Crippen LogP contribution in [0, 0.1) is 0 Å². The van der Waals surface area contributed by atoms with Gasteiger partial charge in [0.2, 0.25) is 0 Å². The molecule has 4 aromatic carbocycles. The predicted molar refractivity (Wildman–Crippen MR) is 207 cm³/mol. The number of halogens is 4. The van der Waals surface area contributed by atoms with E-state index in [0.717, 1.165) is 47.9 Å². The van der Waals surface area contributed by atoms with E-state index in [1.54, 1.807) is 54.7 Å². The van der Waals surface area contributed by atoms with Crippen molar-refractivity contribution >= 4 is 58.3 Å². The molecular formula is C40H31Cl4N5O3. The van der Waals surface area contributed by atoms with Gasteiger partial charge in [-0.2, -0.15) is 0 Å². The maximum absolute atomic E-state index is 12.8. The van der Waals surface area contributed by atoms with E-state index in [1.165, 1.54) is 12.6 Å². The van der Waals surface area contributed by atoms with Gasteiger partial charge in [-0.3, -0.25) is 14.8 Å². The molecule has 1 fully saturated rings. The van der Waals surface area contributed by atoms with E-state index < -0.39 is 5.97 Å². The number of rotatable bonds is 7. The Balaban J connectivity index is 0.000000183. The Morgan fingerprint density at radius 3 is 1.25 bits per heavy atom. The number of amides is 1. The molecule has 8 nitrogen and oxygen atoms in total. The Bertz CT molecular complexity index is 2180. The highest BCUT2D eigenvalue weighted by atomic mass is 35.5. The molecule has 0 aliphatic heterocycles. The van der Waals surface area contributed by atoms with Crippen LogP contribution in [0.2, 0.25) is 20.1 Å². The highest BCUT2D eigenvalue weighted by Gasteiger charge is 2.20. The van der Waals surface area contributed by atoms with Crippen molar-refractivity contribution in [2.45, 2.75) is 38.1 Å². The van der Waals surface area contributed by atoms with E-state index in [0.29, 0.717) is 48.6 Å². The summed E-state index contributed by atoms with van der Waals surface area (Å²) in [7, 11) is 0. The lowest BCUT2D eigenvalue weighted by Gasteiger charge is -2.22. The molecule has 0 saturated heterocycles. The number of nitrogens with one attached hydrogen (secondary N) is 1. The number of aromatic carboxylic acids is 1. The van der Waals surface area contributed by atoms with Gasteiger partial charge in [-0.05, 0) is 61.4 Å². The summed E-state index contributed by atoms with van der Waals surface area (Å²) in [5.74, 6) is -1.31. The zero-order valence-corrected chi connectivity index (χ0v) is 30.6. The normalized spacial score (nSPS) is 12.8. The zero-order valence-electron chi connectivity index (χ0n) is 27.6. The maximum atomic E-state index is 12.8. The second-order valence-electron chi connectivity index (χ2n) is 12.0. The van der Waals surface area contributed by atoms with Gasteiger partial charge in [0.1, 0.15) is 5.69 Å². The molecule has 262 valence electrons. The van der Waals surface area contributed by atoms with Gasteiger partial charge in [-0.25, -0.2) is 14.8 Å². The minimum atomic E-state index is -1.13. The lowest BCUT2D eigenvalue weighted by atomic mass is 9.95. The number of carbonyl (C=O) groups excluding carboxylic acids is 1. The maximum Gasteiger partial charge on any atom is 0.356 e. The summed E-state index contributed by atoms with van der Waals surface area (Å²) in [5, 5.41) is 14.8. The molecule has 0 radical (unpaired) electrons. The summed E-state index contributed by atoms with van der Waals surface area (Å²) in [4.78, 5) is 41.8. The van der Waals surface area contributed by atoms with Crippen LogP contribution in [0.4, 0.5) is 0 Å². The summed E-state index contributed by atoms with van der Waals surface area (Å²) in [5.41, 5.74) is 5.84. The Morgan fingerprint density at radius 1 is 0.519 bits per heavy atom. The van der Waals surface area contributed by atoms with E-state index in [-0.39, 0.29) is 17.6 Å². The molecule has 6 aromatic rings. The average molecular weight is 772 g/mol. The lowest BCUT2D eigenvalue weighted by Crippen LogP contribution is -2.36. The Kier molecular flexibility index (Phi) is 12.1. The van der Waals surface area contributed by atoms with Gasteiger partial charge in [-0.1, -0.05) is 114 Å². The second-order valence-corrected chi connectivity index (χ2v) is 13.8. The molecule has 1 aliphatic carbocycles. The summed E-state index contributed by atoms with van der Waals surface area (Å²) >= 11 is 23.9. The minimum absolute atomic E-state index is 0.118. The zero-order chi connectivity index (χ0) is 36.6. The van der Waals surface area contributed by atoms with Gasteiger partial charge in [0, 0.05) is 48.4 Å². The van der Waals surface area contributed by atoms with Crippen LogP contribution in [-0.4, -0.2) is 43.0 Å². The first kappa shape index (κ1) is 36.9. The van der Waals surface area contributed by atoms with Crippen LogP contribution in [-0.2, 0) is 0 Å². The fraction of sp³-hybridized carbons (Fsp3) is 0.150. The third-order valence-corrected chi connectivity index (χ3v) is 9.42. The predicted octanol–water partition coefficient (Wildman–Crippen LogP) is 11.0. The smallest absolute Gasteiger partial charge is 0.356 e. The number of hydrogen-bond donors (Lipinski definition) is 2. The van der Waals surface area contributed by atoms with E-state index in [1.807, 2.05) is 48.5 Å². The van der Waals surface area contributed by atoms with Gasteiger partial charge in [0.25, 0.3) is 5.91 Å². The summed E-state index contributed by atoms with van der Waals surface area (Å²) in [6.45, 7) is 0. The molecule has 0 atom stereocenters. The molecular weight excluding hydrogens is 740 g/mol. The molecule has 2 heterocycles. The fourth-order valence-corrected chi connectivity index (χ4v) is 6.26. The number of carboxylic acid groups (broad SMARTS) is 1. The van der Waals surface area contributed by atoms with Gasteiger partial charge in [-0.15, -0.1) is 0 Å². The topological polar surface area (TPSA) is 118 Å². The fourth-order valence-electron chi connectivity index (χ4n) is 5.75. The second kappa shape index (κ2) is 17.1. The largest absolute Gasteiger partial charge is 0.476 e.